The van der Waals surface area contributed by atoms with E-state index < -0.39 is 0 Å². The molecule has 0 aliphatic carbocycles. The Kier molecular flexibility index (Phi) is 6.24. The first-order valence-corrected chi connectivity index (χ1v) is 9.72. The average molecular weight is 385 g/mol. The van der Waals surface area contributed by atoms with Crippen molar-refractivity contribution in [3.63, 3.8) is 0 Å². The van der Waals surface area contributed by atoms with E-state index in [1.54, 1.807) is 6.92 Å². The summed E-state index contributed by atoms with van der Waals surface area (Å²) in [7, 11) is 0. The first kappa shape index (κ1) is 20.2. The standard InChI is InChI=1S/C21H28FN5O/c1-14(2)19-13-27(20(28)18-11-24-21(23)25-15(18)3)10-4-9-26(19)12-16-5-7-17(22)8-6-16/h5-8,11,14,19H,4,9-10,12-13H2,1-3H3,(H2,23,24,25)/t19-/m1/s1. The van der Waals surface area contributed by atoms with Crippen molar-refractivity contribution in [1.82, 2.24) is 19.8 Å². The SMILES string of the molecule is Cc1nc(N)ncc1C(=O)N1CCCN(Cc2ccc(F)cc2)[C@@H](C(C)C)C1. The molecule has 1 amide bonds. The van der Waals surface area contributed by atoms with E-state index >= 15 is 0 Å². The summed E-state index contributed by atoms with van der Waals surface area (Å²) in [5, 5.41) is 0. The van der Waals surface area contributed by atoms with Crippen molar-refractivity contribution in [2.24, 2.45) is 5.92 Å². The third-order valence-corrected chi connectivity index (χ3v) is 5.33. The molecule has 0 radical (unpaired) electrons. The maximum absolute atomic E-state index is 13.2. The first-order valence-electron chi connectivity index (χ1n) is 9.72. The number of carbonyl (C=O) groups excluding carboxylic acids is 1. The summed E-state index contributed by atoms with van der Waals surface area (Å²) >= 11 is 0. The maximum atomic E-state index is 13.2. The molecule has 28 heavy (non-hydrogen) atoms. The molecule has 6 nitrogen and oxygen atoms in total. The first-order chi connectivity index (χ1) is 13.3. The van der Waals surface area contributed by atoms with Crippen molar-refractivity contribution < 1.29 is 9.18 Å². The summed E-state index contributed by atoms with van der Waals surface area (Å²) in [5.74, 6) is 0.276. The highest BCUT2D eigenvalue weighted by molar-refractivity contribution is 5.95. The summed E-state index contributed by atoms with van der Waals surface area (Å²) < 4.78 is 13.2. The molecule has 1 saturated heterocycles. The molecule has 0 saturated carbocycles. The van der Waals surface area contributed by atoms with Gasteiger partial charge in [-0.3, -0.25) is 9.69 Å². The Hall–Kier alpha value is -2.54. The van der Waals surface area contributed by atoms with Gasteiger partial charge in [0.25, 0.3) is 5.91 Å². The van der Waals surface area contributed by atoms with Crippen LogP contribution in [0.5, 0.6) is 0 Å². The molecule has 2 N–H and O–H groups in total. The van der Waals surface area contributed by atoms with Crippen molar-refractivity contribution >= 4 is 11.9 Å². The highest BCUT2D eigenvalue weighted by Crippen LogP contribution is 2.22. The number of anilines is 1. The van der Waals surface area contributed by atoms with E-state index in [4.69, 9.17) is 5.73 Å². The summed E-state index contributed by atoms with van der Waals surface area (Å²) in [6, 6.07) is 6.87. The topological polar surface area (TPSA) is 75.3 Å². The number of aromatic nitrogens is 2. The Balaban J connectivity index is 1.78. The van der Waals surface area contributed by atoms with Crippen LogP contribution >= 0.6 is 0 Å². The Morgan fingerprint density at radius 1 is 1.29 bits per heavy atom. The molecule has 1 atom stereocenters. The second kappa shape index (κ2) is 8.65. The number of nitrogens with zero attached hydrogens (tertiary/aromatic N) is 4. The summed E-state index contributed by atoms with van der Waals surface area (Å²) in [4.78, 5) is 25.5. The lowest BCUT2D eigenvalue weighted by Gasteiger charge is -2.34. The fraction of sp³-hybridized carbons (Fsp3) is 0.476. The lowest BCUT2D eigenvalue weighted by molar-refractivity contribution is 0.0701. The Labute approximate surface area is 165 Å². The second-order valence-corrected chi connectivity index (χ2v) is 7.74. The second-order valence-electron chi connectivity index (χ2n) is 7.74. The average Bonchev–Trinajstić information content (AvgIpc) is 2.86. The van der Waals surface area contributed by atoms with Gasteiger partial charge in [0.1, 0.15) is 5.82 Å². The fourth-order valence-corrected chi connectivity index (χ4v) is 3.77. The quantitative estimate of drug-likeness (QED) is 0.876. The van der Waals surface area contributed by atoms with Crippen LogP contribution in [0.4, 0.5) is 10.3 Å². The summed E-state index contributed by atoms with van der Waals surface area (Å²) in [6.07, 6.45) is 2.40. The number of carbonyl (C=O) groups is 1. The van der Waals surface area contributed by atoms with Crippen LogP contribution in [-0.2, 0) is 6.54 Å². The molecule has 2 aromatic rings. The minimum atomic E-state index is -0.224. The Morgan fingerprint density at radius 2 is 2.00 bits per heavy atom. The molecule has 150 valence electrons. The van der Waals surface area contributed by atoms with Crippen LogP contribution in [0.15, 0.2) is 30.5 Å². The zero-order valence-electron chi connectivity index (χ0n) is 16.7. The number of rotatable bonds is 4. The van der Waals surface area contributed by atoms with Gasteiger partial charge in [-0.2, -0.15) is 0 Å². The molecule has 1 aliphatic heterocycles. The number of aryl methyl sites for hydroxylation is 1. The normalized spacial score (nSPS) is 18.3. The zero-order chi connectivity index (χ0) is 20.3. The third-order valence-electron chi connectivity index (χ3n) is 5.33. The fourth-order valence-electron chi connectivity index (χ4n) is 3.77. The van der Waals surface area contributed by atoms with Gasteiger partial charge >= 0.3 is 0 Å². The third kappa shape index (κ3) is 4.65. The molecule has 1 fully saturated rings. The predicted octanol–water partition coefficient (Wildman–Crippen LogP) is 2.88. The number of hydrogen-bond donors (Lipinski definition) is 1. The van der Waals surface area contributed by atoms with Gasteiger partial charge < -0.3 is 10.6 Å². The van der Waals surface area contributed by atoms with Gasteiger partial charge in [-0.05, 0) is 37.0 Å². The highest BCUT2D eigenvalue weighted by Gasteiger charge is 2.30. The number of nitrogens with two attached hydrogens (primary N) is 1. The van der Waals surface area contributed by atoms with E-state index in [-0.39, 0.29) is 23.7 Å². The molecule has 1 aromatic heterocycles. The molecule has 1 aliphatic rings. The molecule has 0 spiro atoms. The van der Waals surface area contributed by atoms with E-state index in [1.165, 1.54) is 18.3 Å². The summed E-state index contributed by atoms with van der Waals surface area (Å²) in [6.45, 7) is 9.09. The number of amides is 1. The van der Waals surface area contributed by atoms with Crippen LogP contribution < -0.4 is 5.73 Å². The number of benzene rings is 1. The Bertz CT molecular complexity index is 824. The monoisotopic (exact) mass is 385 g/mol. The molecular weight excluding hydrogens is 357 g/mol. The maximum Gasteiger partial charge on any atom is 0.257 e. The van der Waals surface area contributed by atoms with Crippen molar-refractivity contribution in [1.29, 1.82) is 0 Å². The lowest BCUT2D eigenvalue weighted by atomic mass is 10.0. The smallest absolute Gasteiger partial charge is 0.257 e. The van der Waals surface area contributed by atoms with E-state index in [0.29, 0.717) is 30.3 Å². The number of halogens is 1. The van der Waals surface area contributed by atoms with Crippen molar-refractivity contribution in [2.75, 3.05) is 25.4 Å². The number of hydrogen-bond acceptors (Lipinski definition) is 5. The molecule has 1 aromatic carbocycles. The van der Waals surface area contributed by atoms with Gasteiger partial charge in [-0.25, -0.2) is 14.4 Å². The van der Waals surface area contributed by atoms with Crippen LogP contribution in [0.2, 0.25) is 0 Å². The van der Waals surface area contributed by atoms with Crippen molar-refractivity contribution in [3.05, 3.63) is 53.1 Å². The lowest BCUT2D eigenvalue weighted by Crippen LogP contribution is -2.45. The van der Waals surface area contributed by atoms with Crippen LogP contribution in [0.25, 0.3) is 0 Å². The van der Waals surface area contributed by atoms with Gasteiger partial charge in [0.2, 0.25) is 5.95 Å². The van der Waals surface area contributed by atoms with E-state index in [0.717, 1.165) is 25.1 Å². The van der Waals surface area contributed by atoms with E-state index in [2.05, 4.69) is 28.7 Å². The van der Waals surface area contributed by atoms with Crippen LogP contribution in [0, 0.1) is 18.7 Å². The molecule has 0 bridgehead atoms. The summed E-state index contributed by atoms with van der Waals surface area (Å²) in [5.41, 5.74) is 7.80. The van der Waals surface area contributed by atoms with Crippen molar-refractivity contribution in [3.8, 4) is 0 Å². The molecule has 3 rings (SSSR count). The van der Waals surface area contributed by atoms with Crippen LogP contribution in [0.1, 0.15) is 41.9 Å². The minimum absolute atomic E-state index is 0.0493. The molecule has 7 heteroatoms. The molecule has 0 unspecified atom stereocenters. The highest BCUT2D eigenvalue weighted by atomic mass is 19.1. The molecule has 2 heterocycles. The largest absolute Gasteiger partial charge is 0.368 e. The van der Waals surface area contributed by atoms with Crippen molar-refractivity contribution in [2.45, 2.75) is 39.8 Å². The van der Waals surface area contributed by atoms with Gasteiger partial charge in [0, 0.05) is 38.4 Å². The van der Waals surface area contributed by atoms with Crippen LogP contribution in [0.3, 0.4) is 0 Å². The van der Waals surface area contributed by atoms with Gasteiger partial charge in [-0.1, -0.05) is 26.0 Å². The molecular formula is C21H28FN5O. The van der Waals surface area contributed by atoms with Gasteiger partial charge in [0.05, 0.1) is 11.3 Å². The van der Waals surface area contributed by atoms with E-state index in [1.807, 2.05) is 17.0 Å². The van der Waals surface area contributed by atoms with E-state index in [9.17, 15) is 9.18 Å². The minimum Gasteiger partial charge on any atom is -0.368 e. The van der Waals surface area contributed by atoms with Gasteiger partial charge in [-0.15, -0.1) is 0 Å². The van der Waals surface area contributed by atoms with Crippen LogP contribution in [-0.4, -0.2) is 51.4 Å². The number of nitrogen functional groups attached to an aromatic ring is 1. The predicted molar refractivity (Wildman–Crippen MR) is 107 cm³/mol. The van der Waals surface area contributed by atoms with Gasteiger partial charge in [0.15, 0.2) is 0 Å². The Morgan fingerprint density at radius 3 is 2.64 bits per heavy atom. The zero-order valence-corrected chi connectivity index (χ0v) is 16.7.